The van der Waals surface area contributed by atoms with Gasteiger partial charge >= 0.3 is 0 Å². The number of rotatable bonds is 20. The van der Waals surface area contributed by atoms with Crippen molar-refractivity contribution in [2.75, 3.05) is 6.61 Å². The largest absolute Gasteiger partial charge is 0.394 e. The molecule has 0 saturated carbocycles. The van der Waals surface area contributed by atoms with Crippen LogP contribution in [0.1, 0.15) is 96.0 Å². The number of hydrogen-bond donors (Lipinski definition) is 3. The zero-order valence-electron chi connectivity index (χ0n) is 21.2. The van der Waals surface area contributed by atoms with Gasteiger partial charge in [-0.25, -0.2) is 0 Å². The highest BCUT2D eigenvalue weighted by atomic mass is 127. The summed E-state index contributed by atoms with van der Waals surface area (Å²) >= 11 is 2.09. The molecule has 0 spiro atoms. The maximum absolute atomic E-state index is 12.3. The average molecular weight is 599 g/mol. The van der Waals surface area contributed by atoms with Crippen molar-refractivity contribution in [2.45, 2.75) is 109 Å². The molecule has 2 atom stereocenters. The monoisotopic (exact) mass is 598 g/mol. The van der Waals surface area contributed by atoms with Gasteiger partial charge in [0.2, 0.25) is 5.91 Å². The maximum Gasteiger partial charge on any atom is 0.220 e. The van der Waals surface area contributed by atoms with E-state index in [4.69, 9.17) is 5.53 Å². The van der Waals surface area contributed by atoms with Gasteiger partial charge in [0, 0.05) is 14.9 Å². The van der Waals surface area contributed by atoms with Gasteiger partial charge in [-0.1, -0.05) is 101 Å². The Labute approximate surface area is 224 Å². The molecule has 1 rings (SSSR count). The lowest BCUT2D eigenvalue weighted by atomic mass is 10.0. The topological polar surface area (TPSA) is 118 Å². The zero-order valence-corrected chi connectivity index (χ0v) is 23.3. The second-order valence-corrected chi connectivity index (χ2v) is 10.2. The number of amides is 1. The lowest BCUT2D eigenvalue weighted by molar-refractivity contribution is -0.122. The van der Waals surface area contributed by atoms with Crippen molar-refractivity contribution < 1.29 is 15.0 Å². The van der Waals surface area contributed by atoms with Crippen molar-refractivity contribution >= 4 is 34.2 Å². The van der Waals surface area contributed by atoms with Crippen LogP contribution in [0.4, 0.5) is 5.69 Å². The normalized spacial score (nSPS) is 12.9. The van der Waals surface area contributed by atoms with Gasteiger partial charge in [-0.05, 0) is 59.0 Å². The number of aliphatic hydroxyl groups excluding tert-OH is 2. The minimum absolute atomic E-state index is 0.226. The van der Waals surface area contributed by atoms with Gasteiger partial charge in [0.15, 0.2) is 0 Å². The van der Waals surface area contributed by atoms with Gasteiger partial charge in [-0.3, -0.25) is 4.79 Å². The number of aryl methyl sites for hydroxylation is 1. The highest BCUT2D eigenvalue weighted by Crippen LogP contribution is 2.23. The molecule has 0 bridgehead atoms. The van der Waals surface area contributed by atoms with Gasteiger partial charge in [0.1, 0.15) is 0 Å². The summed E-state index contributed by atoms with van der Waals surface area (Å²) in [4.78, 5) is 15.1. The number of halogens is 1. The Kier molecular flexibility index (Phi) is 18.5. The number of hydrogen-bond acceptors (Lipinski definition) is 4. The van der Waals surface area contributed by atoms with Crippen LogP contribution in [0.25, 0.3) is 10.4 Å². The van der Waals surface area contributed by atoms with Crippen molar-refractivity contribution in [2.24, 2.45) is 5.11 Å². The van der Waals surface area contributed by atoms with Gasteiger partial charge < -0.3 is 15.5 Å². The molecule has 196 valence electrons. The number of unbranched alkanes of at least 4 members (excludes halogenated alkanes) is 11. The summed E-state index contributed by atoms with van der Waals surface area (Å²) in [6.45, 7) is 1.92. The molecule has 0 heterocycles. The summed E-state index contributed by atoms with van der Waals surface area (Å²) in [7, 11) is 0. The molecular weight excluding hydrogens is 555 g/mol. The highest BCUT2D eigenvalue weighted by Gasteiger charge is 2.18. The van der Waals surface area contributed by atoms with Crippen molar-refractivity contribution in [1.82, 2.24) is 5.32 Å². The SMILES string of the molecule is CCCCCCCCCCCCC/C=C/[C@@H](O)[C@H](CO)NC(=O)CCc1ccc(N=[N+]=[N-])c(I)c1. The first-order chi connectivity index (χ1) is 17.0. The molecule has 0 aliphatic rings. The molecule has 0 fully saturated rings. The molecule has 1 aromatic rings. The summed E-state index contributed by atoms with van der Waals surface area (Å²) in [6.07, 6.45) is 18.7. The fourth-order valence-corrected chi connectivity index (χ4v) is 4.59. The van der Waals surface area contributed by atoms with E-state index in [2.05, 4.69) is 44.9 Å². The Bertz CT molecular complexity index is 797. The van der Waals surface area contributed by atoms with Gasteiger partial charge in [-0.2, -0.15) is 0 Å². The van der Waals surface area contributed by atoms with Crippen molar-refractivity contribution in [1.29, 1.82) is 0 Å². The first-order valence-electron chi connectivity index (χ1n) is 13.1. The Morgan fingerprint density at radius 3 is 2.31 bits per heavy atom. The van der Waals surface area contributed by atoms with Gasteiger partial charge in [0.05, 0.1) is 24.4 Å². The summed E-state index contributed by atoms with van der Waals surface area (Å²) in [5.41, 5.74) is 10.1. The number of azide groups is 1. The van der Waals surface area contributed by atoms with Crippen molar-refractivity contribution in [3.63, 3.8) is 0 Å². The molecule has 0 aliphatic heterocycles. The van der Waals surface area contributed by atoms with Crippen LogP contribution >= 0.6 is 22.6 Å². The second-order valence-electron chi connectivity index (χ2n) is 9.07. The Balaban J connectivity index is 2.20. The summed E-state index contributed by atoms with van der Waals surface area (Å²) < 4.78 is 0.824. The van der Waals surface area contributed by atoms with E-state index < -0.39 is 12.1 Å². The molecular formula is C27H43IN4O3. The standard InChI is InChI=1S/C27H43IN4O3/c1-2-3-4-5-6-7-8-9-10-11-12-13-14-15-26(34)25(21-33)30-27(35)19-17-22-16-18-24(31-32-29)23(28)20-22/h14-16,18,20,25-26,33-34H,2-13,17,19,21H2,1H3,(H,30,35)/b15-14+/t25-,26+/m0/s1. The van der Waals surface area contributed by atoms with Crippen LogP contribution in [0, 0.1) is 3.57 Å². The minimum Gasteiger partial charge on any atom is -0.394 e. The van der Waals surface area contributed by atoms with E-state index in [-0.39, 0.29) is 18.9 Å². The molecule has 0 aliphatic carbocycles. The summed E-state index contributed by atoms with van der Waals surface area (Å²) in [5, 5.41) is 26.3. The van der Waals surface area contributed by atoms with E-state index in [9.17, 15) is 15.0 Å². The zero-order chi connectivity index (χ0) is 25.7. The Morgan fingerprint density at radius 2 is 1.74 bits per heavy atom. The van der Waals surface area contributed by atoms with E-state index in [0.29, 0.717) is 12.1 Å². The second kappa shape index (κ2) is 20.6. The number of carbonyl (C=O) groups excluding carboxylic acids is 1. The van der Waals surface area contributed by atoms with Crippen molar-refractivity contribution in [3.8, 4) is 0 Å². The van der Waals surface area contributed by atoms with E-state index in [1.807, 2.05) is 18.2 Å². The number of benzene rings is 1. The van der Waals surface area contributed by atoms with Crippen LogP contribution in [0.15, 0.2) is 35.5 Å². The van der Waals surface area contributed by atoms with Crippen LogP contribution < -0.4 is 5.32 Å². The third-order valence-electron chi connectivity index (χ3n) is 6.07. The molecule has 0 radical (unpaired) electrons. The molecule has 3 N–H and O–H groups in total. The maximum atomic E-state index is 12.3. The number of aliphatic hydroxyl groups is 2. The molecule has 0 aromatic heterocycles. The van der Waals surface area contributed by atoms with E-state index >= 15 is 0 Å². The predicted molar refractivity (Wildman–Crippen MR) is 152 cm³/mol. The van der Waals surface area contributed by atoms with Crippen LogP contribution in [0.5, 0.6) is 0 Å². The van der Waals surface area contributed by atoms with Crippen LogP contribution in [-0.4, -0.2) is 34.9 Å². The van der Waals surface area contributed by atoms with E-state index in [0.717, 1.165) is 22.0 Å². The van der Waals surface area contributed by atoms with Gasteiger partial charge in [-0.15, -0.1) is 0 Å². The van der Waals surface area contributed by atoms with Crippen LogP contribution in [-0.2, 0) is 11.2 Å². The Hall–Kier alpha value is -1.61. The van der Waals surface area contributed by atoms with Crippen LogP contribution in [0.2, 0.25) is 0 Å². The minimum atomic E-state index is -0.916. The molecule has 8 heteroatoms. The first-order valence-corrected chi connectivity index (χ1v) is 14.2. The number of nitrogens with one attached hydrogen (secondary N) is 1. The fraction of sp³-hybridized carbons (Fsp3) is 0.667. The highest BCUT2D eigenvalue weighted by molar-refractivity contribution is 14.1. The molecule has 0 unspecified atom stereocenters. The molecule has 0 saturated heterocycles. The molecule has 35 heavy (non-hydrogen) atoms. The predicted octanol–water partition coefficient (Wildman–Crippen LogP) is 7.26. The molecule has 7 nitrogen and oxygen atoms in total. The number of nitrogens with zero attached hydrogens (tertiary/aromatic N) is 3. The average Bonchev–Trinajstić information content (AvgIpc) is 2.85. The third-order valence-corrected chi connectivity index (χ3v) is 6.93. The van der Waals surface area contributed by atoms with E-state index in [1.165, 1.54) is 64.2 Å². The smallest absolute Gasteiger partial charge is 0.220 e. The number of carbonyl (C=O) groups is 1. The fourth-order valence-electron chi connectivity index (χ4n) is 3.91. The van der Waals surface area contributed by atoms with Crippen molar-refractivity contribution in [3.05, 3.63) is 49.9 Å². The summed E-state index contributed by atoms with van der Waals surface area (Å²) in [5.74, 6) is -0.226. The lowest BCUT2D eigenvalue weighted by Crippen LogP contribution is -2.45. The third kappa shape index (κ3) is 15.2. The van der Waals surface area contributed by atoms with Crippen LogP contribution in [0.3, 0.4) is 0 Å². The van der Waals surface area contributed by atoms with Gasteiger partial charge in [0.25, 0.3) is 0 Å². The Morgan fingerprint density at radius 1 is 1.11 bits per heavy atom. The molecule has 1 amide bonds. The van der Waals surface area contributed by atoms with E-state index in [1.54, 1.807) is 12.1 Å². The quantitative estimate of drug-likeness (QED) is 0.0366. The number of allylic oxidation sites excluding steroid dienone is 1. The lowest BCUT2D eigenvalue weighted by Gasteiger charge is -2.20. The first kappa shape index (κ1) is 31.4. The molecule has 1 aromatic carbocycles. The summed E-state index contributed by atoms with van der Waals surface area (Å²) in [6, 6.07) is 4.72.